The number of aliphatic hydroxyl groups is 1. The maximum Gasteiger partial charge on any atom is 0.274 e. The summed E-state index contributed by atoms with van der Waals surface area (Å²) in [6.07, 6.45) is -1.01. The average molecular weight is 389 g/mol. The first-order valence-corrected chi connectivity index (χ1v) is 9.12. The molecule has 7 heteroatoms. The summed E-state index contributed by atoms with van der Waals surface area (Å²) in [5, 5.41) is 17.2. The second-order valence-electron chi connectivity index (χ2n) is 6.72. The third kappa shape index (κ3) is 3.81. The summed E-state index contributed by atoms with van der Waals surface area (Å²) in [6, 6.07) is 20.1. The summed E-state index contributed by atoms with van der Waals surface area (Å²) in [5.41, 5.74) is 4.99. The van der Waals surface area contributed by atoms with Crippen molar-refractivity contribution in [2.75, 3.05) is 6.61 Å². The molecule has 0 saturated heterocycles. The van der Waals surface area contributed by atoms with E-state index in [9.17, 15) is 14.7 Å². The smallest absolute Gasteiger partial charge is 0.274 e. The Morgan fingerprint density at radius 3 is 2.48 bits per heavy atom. The van der Waals surface area contributed by atoms with Crippen LogP contribution in [0.25, 0.3) is 21.5 Å². The highest BCUT2D eigenvalue weighted by atomic mass is 16.5. The number of hydrogen-bond acceptors (Lipinski definition) is 5. The monoisotopic (exact) mass is 389 g/mol. The van der Waals surface area contributed by atoms with Gasteiger partial charge in [0.05, 0.1) is 11.9 Å². The molecular formula is C22H19N3O4. The molecule has 0 saturated carbocycles. The van der Waals surface area contributed by atoms with Gasteiger partial charge in [-0.1, -0.05) is 48.5 Å². The van der Waals surface area contributed by atoms with E-state index in [1.807, 2.05) is 42.5 Å². The number of carbonyl (C=O) groups excluding carboxylic acids is 1. The second kappa shape index (κ2) is 7.73. The van der Waals surface area contributed by atoms with Crippen molar-refractivity contribution in [3.05, 3.63) is 82.8 Å². The molecule has 3 N–H and O–H groups in total. The molecule has 0 bridgehead atoms. The summed E-state index contributed by atoms with van der Waals surface area (Å²) in [7, 11) is 0. The zero-order valence-electron chi connectivity index (χ0n) is 15.5. The van der Waals surface area contributed by atoms with Gasteiger partial charge in [0.1, 0.15) is 18.5 Å². The molecule has 0 aliphatic rings. The molecule has 0 radical (unpaired) electrons. The van der Waals surface area contributed by atoms with Crippen molar-refractivity contribution < 1.29 is 14.6 Å². The number of nitrogens with zero attached hydrogens (tertiary/aromatic N) is 2. The quantitative estimate of drug-likeness (QED) is 0.525. The fourth-order valence-corrected chi connectivity index (χ4v) is 3.24. The lowest BCUT2D eigenvalue weighted by Gasteiger charge is -2.15. The molecule has 0 aliphatic carbocycles. The Bertz CT molecular complexity index is 1270. The SMILES string of the molecule is NC(=O)c1nn(C[C@H](O)COc2ccc3ccccc3c2)c(=O)c2ccccc12. The van der Waals surface area contributed by atoms with Gasteiger partial charge in [-0.15, -0.1) is 0 Å². The molecular weight excluding hydrogens is 370 g/mol. The second-order valence-corrected chi connectivity index (χ2v) is 6.72. The summed E-state index contributed by atoms with van der Waals surface area (Å²) >= 11 is 0. The van der Waals surface area contributed by atoms with Crippen LogP contribution >= 0.6 is 0 Å². The first-order valence-electron chi connectivity index (χ1n) is 9.12. The highest BCUT2D eigenvalue weighted by Gasteiger charge is 2.16. The largest absolute Gasteiger partial charge is 0.491 e. The molecule has 0 unspecified atom stereocenters. The molecule has 1 aromatic heterocycles. The van der Waals surface area contributed by atoms with Crippen LogP contribution in [-0.4, -0.2) is 33.5 Å². The zero-order chi connectivity index (χ0) is 20.4. The van der Waals surface area contributed by atoms with Crippen LogP contribution in [-0.2, 0) is 6.54 Å². The number of fused-ring (bicyclic) bond motifs is 2. The van der Waals surface area contributed by atoms with E-state index in [1.54, 1.807) is 24.3 Å². The van der Waals surface area contributed by atoms with Gasteiger partial charge in [-0.25, -0.2) is 4.68 Å². The van der Waals surface area contributed by atoms with Gasteiger partial charge in [-0.05, 0) is 29.0 Å². The first kappa shape index (κ1) is 18.6. The third-order valence-corrected chi connectivity index (χ3v) is 4.65. The lowest BCUT2D eigenvalue weighted by Crippen LogP contribution is -2.34. The number of aromatic nitrogens is 2. The van der Waals surface area contributed by atoms with Crippen molar-refractivity contribution in [3.63, 3.8) is 0 Å². The van der Waals surface area contributed by atoms with Crippen LogP contribution in [0.4, 0.5) is 0 Å². The topological polar surface area (TPSA) is 107 Å². The Kier molecular flexibility index (Phi) is 4.97. The van der Waals surface area contributed by atoms with Crippen LogP contribution in [0.5, 0.6) is 5.75 Å². The van der Waals surface area contributed by atoms with Crippen molar-refractivity contribution in [3.8, 4) is 5.75 Å². The molecule has 1 amide bonds. The summed E-state index contributed by atoms with van der Waals surface area (Å²) in [4.78, 5) is 24.4. The van der Waals surface area contributed by atoms with Gasteiger partial charge in [0, 0.05) is 5.39 Å². The third-order valence-electron chi connectivity index (χ3n) is 4.65. The van der Waals surface area contributed by atoms with Crippen LogP contribution in [0.1, 0.15) is 10.5 Å². The van der Waals surface area contributed by atoms with Crippen LogP contribution in [0.2, 0.25) is 0 Å². The number of carbonyl (C=O) groups is 1. The summed E-state index contributed by atoms with van der Waals surface area (Å²) < 4.78 is 6.72. The van der Waals surface area contributed by atoms with Crippen molar-refractivity contribution >= 4 is 27.5 Å². The van der Waals surface area contributed by atoms with E-state index in [-0.39, 0.29) is 18.8 Å². The number of benzene rings is 3. The Morgan fingerprint density at radius 2 is 1.72 bits per heavy atom. The maximum absolute atomic E-state index is 12.7. The van der Waals surface area contributed by atoms with Gasteiger partial charge in [0.2, 0.25) is 0 Å². The lowest BCUT2D eigenvalue weighted by molar-refractivity contribution is 0.0872. The maximum atomic E-state index is 12.7. The van der Waals surface area contributed by atoms with E-state index in [4.69, 9.17) is 10.5 Å². The molecule has 0 aliphatic heterocycles. The van der Waals surface area contributed by atoms with Crippen molar-refractivity contribution in [2.45, 2.75) is 12.6 Å². The molecule has 7 nitrogen and oxygen atoms in total. The summed E-state index contributed by atoms with van der Waals surface area (Å²) in [6.45, 7) is -0.164. The van der Waals surface area contributed by atoms with Crippen molar-refractivity contribution in [1.82, 2.24) is 9.78 Å². The fourth-order valence-electron chi connectivity index (χ4n) is 3.24. The standard InChI is InChI=1S/C22H19N3O4/c23-21(27)20-18-7-3-4-8-19(18)22(28)25(24-20)12-16(26)13-29-17-10-9-14-5-1-2-6-15(14)11-17/h1-11,16,26H,12-13H2,(H2,23,27)/t16-/m0/s1. The molecule has 29 heavy (non-hydrogen) atoms. The number of primary amides is 1. The predicted molar refractivity (Wildman–Crippen MR) is 110 cm³/mol. The van der Waals surface area contributed by atoms with Gasteiger partial charge in [0.25, 0.3) is 11.5 Å². The molecule has 1 heterocycles. The van der Waals surface area contributed by atoms with Gasteiger partial charge in [-0.3, -0.25) is 9.59 Å². The minimum Gasteiger partial charge on any atom is -0.491 e. The Morgan fingerprint density at radius 1 is 1.03 bits per heavy atom. The minimum absolute atomic E-state index is 0.0113. The molecule has 3 aromatic carbocycles. The Hall–Kier alpha value is -3.71. The van der Waals surface area contributed by atoms with Crippen LogP contribution in [0.15, 0.2) is 71.5 Å². The van der Waals surface area contributed by atoms with Gasteiger partial charge >= 0.3 is 0 Å². The highest BCUT2D eigenvalue weighted by molar-refractivity contribution is 6.03. The average Bonchev–Trinajstić information content (AvgIpc) is 2.74. The number of aliphatic hydroxyl groups excluding tert-OH is 1. The number of rotatable bonds is 6. The van der Waals surface area contributed by atoms with E-state index >= 15 is 0 Å². The number of hydrogen-bond donors (Lipinski definition) is 2. The lowest BCUT2D eigenvalue weighted by atomic mass is 10.1. The molecule has 0 spiro atoms. The molecule has 1 atom stereocenters. The van der Waals surface area contributed by atoms with Crippen molar-refractivity contribution in [1.29, 1.82) is 0 Å². The highest BCUT2D eigenvalue weighted by Crippen LogP contribution is 2.20. The molecule has 0 fully saturated rings. The number of ether oxygens (including phenoxy) is 1. The fraction of sp³-hybridized carbons (Fsp3) is 0.136. The predicted octanol–water partition coefficient (Wildman–Crippen LogP) is 2.09. The normalized spacial score (nSPS) is 12.2. The van der Waals surface area contributed by atoms with Crippen LogP contribution in [0.3, 0.4) is 0 Å². The Labute approximate surface area is 166 Å². The minimum atomic E-state index is -1.01. The van der Waals surface area contributed by atoms with E-state index in [1.165, 1.54) is 0 Å². The van der Waals surface area contributed by atoms with E-state index < -0.39 is 17.6 Å². The van der Waals surface area contributed by atoms with Gasteiger partial charge < -0.3 is 15.6 Å². The van der Waals surface area contributed by atoms with Crippen LogP contribution in [0, 0.1) is 0 Å². The molecule has 4 aromatic rings. The number of nitrogens with two attached hydrogens (primary N) is 1. The van der Waals surface area contributed by atoms with Gasteiger partial charge in [0.15, 0.2) is 5.69 Å². The van der Waals surface area contributed by atoms with E-state index in [0.717, 1.165) is 15.5 Å². The zero-order valence-corrected chi connectivity index (χ0v) is 15.5. The van der Waals surface area contributed by atoms with Crippen LogP contribution < -0.4 is 16.0 Å². The molecule has 4 rings (SSSR count). The summed E-state index contributed by atoms with van der Waals surface area (Å²) in [5.74, 6) is -0.128. The van der Waals surface area contributed by atoms with E-state index in [2.05, 4.69) is 5.10 Å². The van der Waals surface area contributed by atoms with Crippen molar-refractivity contribution in [2.24, 2.45) is 5.73 Å². The first-order chi connectivity index (χ1) is 14.0. The number of amides is 1. The van der Waals surface area contributed by atoms with E-state index in [0.29, 0.717) is 16.5 Å². The molecule has 146 valence electrons. The van der Waals surface area contributed by atoms with Gasteiger partial charge in [-0.2, -0.15) is 5.10 Å². The Balaban J connectivity index is 1.54.